The number of hydrogen-bond acceptors (Lipinski definition) is 7. The Kier molecular flexibility index (Phi) is 6.90. The van der Waals surface area contributed by atoms with Crippen LogP contribution >= 0.6 is 23.1 Å². The summed E-state index contributed by atoms with van der Waals surface area (Å²) in [6.07, 6.45) is 3.51. The van der Waals surface area contributed by atoms with Gasteiger partial charge in [0.15, 0.2) is 16.1 Å². The van der Waals surface area contributed by atoms with Gasteiger partial charge >= 0.3 is 0 Å². The Hall–Kier alpha value is -3.04. The molecule has 4 rings (SSSR count). The van der Waals surface area contributed by atoms with Gasteiger partial charge in [0.25, 0.3) is 0 Å². The van der Waals surface area contributed by atoms with Gasteiger partial charge in [0, 0.05) is 42.6 Å². The third-order valence-electron chi connectivity index (χ3n) is 5.23. The Morgan fingerprint density at radius 2 is 1.82 bits per heavy atom. The fraction of sp³-hybridized carbons (Fsp3) is 0.292. The molecule has 170 valence electrons. The highest BCUT2D eigenvalue weighted by molar-refractivity contribution is 7.98. The Balaban J connectivity index is 1.56. The van der Waals surface area contributed by atoms with E-state index in [-0.39, 0.29) is 5.91 Å². The van der Waals surface area contributed by atoms with Crippen molar-refractivity contribution in [3.63, 3.8) is 0 Å². The largest absolute Gasteiger partial charge is 0.302 e. The summed E-state index contributed by atoms with van der Waals surface area (Å²) >= 11 is 3.07. The van der Waals surface area contributed by atoms with Crippen molar-refractivity contribution in [2.24, 2.45) is 0 Å². The number of pyridine rings is 1. The van der Waals surface area contributed by atoms with Crippen LogP contribution < -0.4 is 4.90 Å². The number of anilines is 2. The number of thiazole rings is 1. The highest BCUT2D eigenvalue weighted by atomic mass is 32.2. The molecule has 0 bridgehead atoms. The maximum atomic E-state index is 12.6. The number of aryl methyl sites for hydroxylation is 3. The first-order valence-electron chi connectivity index (χ1n) is 10.7. The molecule has 0 N–H and O–H groups in total. The Morgan fingerprint density at radius 1 is 1.12 bits per heavy atom. The lowest BCUT2D eigenvalue weighted by atomic mass is 10.0. The normalized spacial score (nSPS) is 11.1. The van der Waals surface area contributed by atoms with Crippen LogP contribution in [0.1, 0.15) is 36.2 Å². The number of hydrogen-bond donors (Lipinski definition) is 0. The van der Waals surface area contributed by atoms with Crippen LogP contribution in [0.25, 0.3) is 11.4 Å². The van der Waals surface area contributed by atoms with Crippen LogP contribution in [0.3, 0.4) is 0 Å². The predicted octanol–water partition coefficient (Wildman–Crippen LogP) is 5.72. The van der Waals surface area contributed by atoms with Gasteiger partial charge in [-0.25, -0.2) is 4.98 Å². The summed E-state index contributed by atoms with van der Waals surface area (Å²) in [5.41, 5.74) is 6.11. The van der Waals surface area contributed by atoms with Crippen molar-refractivity contribution in [2.75, 3.05) is 4.90 Å². The molecule has 0 aliphatic rings. The summed E-state index contributed by atoms with van der Waals surface area (Å²) in [6, 6.07) is 8.06. The first kappa shape index (κ1) is 23.1. The molecular formula is C24H26N6OS2. The second-order valence-electron chi connectivity index (χ2n) is 7.80. The molecule has 0 saturated heterocycles. The molecule has 0 fully saturated rings. The van der Waals surface area contributed by atoms with E-state index in [4.69, 9.17) is 4.98 Å². The third-order valence-corrected chi connectivity index (χ3v) is 7.10. The van der Waals surface area contributed by atoms with Gasteiger partial charge in [0.05, 0.1) is 11.4 Å². The molecule has 3 heterocycles. The second kappa shape index (κ2) is 9.84. The minimum Gasteiger partial charge on any atom is -0.302 e. The highest BCUT2D eigenvalue weighted by Gasteiger charge is 2.22. The van der Waals surface area contributed by atoms with Gasteiger partial charge < -0.3 is 4.57 Å². The summed E-state index contributed by atoms with van der Waals surface area (Å²) < 4.78 is 2.09. The fourth-order valence-corrected chi connectivity index (χ4v) is 5.78. The van der Waals surface area contributed by atoms with Crippen molar-refractivity contribution in [1.29, 1.82) is 0 Å². The van der Waals surface area contributed by atoms with Gasteiger partial charge in [-0.1, -0.05) is 29.5 Å². The van der Waals surface area contributed by atoms with E-state index < -0.39 is 0 Å². The minimum absolute atomic E-state index is 0.0497. The SMILES string of the molecule is CCn1c(SCc2csc(N(C(C)=O)c3c(C)cc(C)cc3C)n2)nnc1-c1ccncc1. The molecule has 1 aromatic carbocycles. The molecule has 0 radical (unpaired) electrons. The standard InChI is InChI=1S/C24H26N6OS2/c1-6-29-22(19-7-9-25-10-8-19)27-28-24(29)33-14-20-13-32-23(26-20)30(18(5)31)21-16(3)11-15(2)12-17(21)4/h7-13H,6,14H2,1-5H3. The third kappa shape index (κ3) is 4.84. The average Bonchev–Trinajstić information content (AvgIpc) is 3.41. The number of thioether (sulfide) groups is 1. The van der Waals surface area contributed by atoms with E-state index in [9.17, 15) is 4.79 Å². The number of carbonyl (C=O) groups excluding carboxylic acids is 1. The molecule has 33 heavy (non-hydrogen) atoms. The monoisotopic (exact) mass is 478 g/mol. The van der Waals surface area contributed by atoms with Crippen LogP contribution in [-0.2, 0) is 17.1 Å². The van der Waals surface area contributed by atoms with Gasteiger partial charge in [-0.3, -0.25) is 14.7 Å². The van der Waals surface area contributed by atoms with Gasteiger partial charge in [-0.15, -0.1) is 21.5 Å². The van der Waals surface area contributed by atoms with Gasteiger partial charge in [0.2, 0.25) is 5.91 Å². The molecule has 9 heteroatoms. The van der Waals surface area contributed by atoms with Crippen molar-refractivity contribution >= 4 is 39.8 Å². The van der Waals surface area contributed by atoms with Crippen LogP contribution in [-0.4, -0.2) is 30.6 Å². The number of nitrogens with zero attached hydrogens (tertiary/aromatic N) is 6. The first-order valence-corrected chi connectivity index (χ1v) is 12.5. The lowest BCUT2D eigenvalue weighted by molar-refractivity contribution is -0.115. The first-order chi connectivity index (χ1) is 15.9. The summed E-state index contributed by atoms with van der Waals surface area (Å²) in [5, 5.41) is 12.3. The highest BCUT2D eigenvalue weighted by Crippen LogP contribution is 2.35. The summed E-state index contributed by atoms with van der Waals surface area (Å²) in [7, 11) is 0. The van der Waals surface area contributed by atoms with Crippen molar-refractivity contribution < 1.29 is 4.79 Å². The van der Waals surface area contributed by atoms with Crippen molar-refractivity contribution in [1.82, 2.24) is 24.7 Å². The lowest BCUT2D eigenvalue weighted by Crippen LogP contribution is -2.24. The molecular weight excluding hydrogens is 452 g/mol. The number of rotatable bonds is 7. The molecule has 0 saturated carbocycles. The molecule has 4 aromatic rings. The molecule has 0 unspecified atom stereocenters. The molecule has 0 atom stereocenters. The van der Waals surface area contributed by atoms with E-state index >= 15 is 0 Å². The van der Waals surface area contributed by atoms with Crippen molar-refractivity contribution in [3.8, 4) is 11.4 Å². The molecule has 0 aliphatic carbocycles. The maximum Gasteiger partial charge on any atom is 0.230 e. The van der Waals surface area contributed by atoms with Gasteiger partial charge in [-0.05, 0) is 51.0 Å². The number of benzene rings is 1. The molecule has 3 aromatic heterocycles. The molecule has 0 spiro atoms. The van der Waals surface area contributed by atoms with Gasteiger partial charge in [-0.2, -0.15) is 0 Å². The molecule has 0 aliphatic heterocycles. The summed E-state index contributed by atoms with van der Waals surface area (Å²) in [6.45, 7) is 10.6. The number of aromatic nitrogens is 5. The number of amides is 1. The predicted molar refractivity (Wildman–Crippen MR) is 134 cm³/mol. The topological polar surface area (TPSA) is 76.8 Å². The smallest absolute Gasteiger partial charge is 0.230 e. The molecule has 7 nitrogen and oxygen atoms in total. The zero-order valence-electron chi connectivity index (χ0n) is 19.4. The van der Waals surface area contributed by atoms with Crippen molar-refractivity contribution in [3.05, 3.63) is 64.4 Å². The second-order valence-corrected chi connectivity index (χ2v) is 9.58. The van der Waals surface area contributed by atoms with Crippen LogP contribution in [0.4, 0.5) is 10.8 Å². The van der Waals surface area contributed by atoms with E-state index in [1.165, 1.54) is 16.9 Å². The Labute approximate surface area is 201 Å². The average molecular weight is 479 g/mol. The van der Waals surface area contributed by atoms with Crippen molar-refractivity contribution in [2.45, 2.75) is 52.1 Å². The summed E-state index contributed by atoms with van der Waals surface area (Å²) in [4.78, 5) is 23.2. The minimum atomic E-state index is -0.0497. The van der Waals surface area contributed by atoms with Crippen LogP contribution in [0.2, 0.25) is 0 Å². The van der Waals surface area contributed by atoms with E-state index in [1.54, 1.807) is 36.0 Å². The van der Waals surface area contributed by atoms with E-state index in [2.05, 4.69) is 45.7 Å². The van der Waals surface area contributed by atoms with E-state index in [0.717, 1.165) is 45.6 Å². The lowest BCUT2D eigenvalue weighted by Gasteiger charge is -2.23. The maximum absolute atomic E-state index is 12.6. The van der Waals surface area contributed by atoms with E-state index in [0.29, 0.717) is 10.9 Å². The van der Waals surface area contributed by atoms with Crippen LogP contribution in [0.15, 0.2) is 47.2 Å². The zero-order valence-corrected chi connectivity index (χ0v) is 21.0. The van der Waals surface area contributed by atoms with E-state index in [1.807, 2.05) is 31.4 Å². The molecule has 1 amide bonds. The summed E-state index contributed by atoms with van der Waals surface area (Å²) in [5.74, 6) is 1.42. The zero-order chi connectivity index (χ0) is 23.5. The Bertz CT molecular complexity index is 1260. The number of carbonyl (C=O) groups is 1. The van der Waals surface area contributed by atoms with Crippen LogP contribution in [0.5, 0.6) is 0 Å². The van der Waals surface area contributed by atoms with Crippen LogP contribution in [0, 0.1) is 20.8 Å². The fourth-order valence-electron chi connectivity index (χ4n) is 3.91. The quantitative estimate of drug-likeness (QED) is 0.316. The Morgan fingerprint density at radius 3 is 2.45 bits per heavy atom. The van der Waals surface area contributed by atoms with Gasteiger partial charge in [0.1, 0.15) is 0 Å².